The molecule has 22 heavy (non-hydrogen) atoms. The van der Waals surface area contributed by atoms with Crippen LogP contribution in [0.3, 0.4) is 0 Å². The average Bonchev–Trinajstić information content (AvgIpc) is 2.49. The first-order valence-electron chi connectivity index (χ1n) is 7.69. The van der Waals surface area contributed by atoms with Crippen LogP contribution < -0.4 is 4.74 Å². The van der Waals surface area contributed by atoms with E-state index in [9.17, 15) is 9.59 Å². The van der Waals surface area contributed by atoms with Crippen molar-refractivity contribution in [1.82, 2.24) is 4.90 Å². The van der Waals surface area contributed by atoms with Gasteiger partial charge in [-0.15, -0.1) is 0 Å². The molecule has 1 amide bonds. The smallest absolute Gasteiger partial charge is 0.303 e. The molecule has 0 atom stereocenters. The van der Waals surface area contributed by atoms with Gasteiger partial charge in [-0.1, -0.05) is 12.1 Å². The molecule has 0 unspecified atom stereocenters. The van der Waals surface area contributed by atoms with Crippen molar-refractivity contribution in [2.75, 3.05) is 13.1 Å². The average molecular weight is 305 g/mol. The van der Waals surface area contributed by atoms with Gasteiger partial charge < -0.3 is 14.7 Å². The minimum atomic E-state index is -0.929. The van der Waals surface area contributed by atoms with Crippen LogP contribution in [0.2, 0.25) is 0 Å². The standard InChI is InChI=1S/C17H23NO4/c1-12-3-4-13(2)15(11-12)22-14-7-9-18(10-8-14)16(19)5-6-17(20)21/h3-4,11,14H,5-10H2,1-2H3,(H,20,21). The number of carboxylic acids is 1. The molecule has 0 aliphatic carbocycles. The minimum Gasteiger partial charge on any atom is -0.490 e. The number of piperidine rings is 1. The lowest BCUT2D eigenvalue weighted by Gasteiger charge is -2.32. The first-order valence-corrected chi connectivity index (χ1v) is 7.69. The zero-order chi connectivity index (χ0) is 16.1. The third kappa shape index (κ3) is 4.48. The van der Waals surface area contributed by atoms with E-state index in [-0.39, 0.29) is 24.9 Å². The van der Waals surface area contributed by atoms with Crippen LogP contribution >= 0.6 is 0 Å². The molecule has 5 heteroatoms. The molecule has 1 aliphatic heterocycles. The number of nitrogens with zero attached hydrogens (tertiary/aromatic N) is 1. The molecule has 1 aliphatic rings. The second-order valence-electron chi connectivity index (χ2n) is 5.86. The van der Waals surface area contributed by atoms with Gasteiger partial charge in [-0.25, -0.2) is 0 Å². The van der Waals surface area contributed by atoms with E-state index in [1.807, 2.05) is 19.9 Å². The maximum atomic E-state index is 11.9. The molecular formula is C17H23NO4. The molecule has 0 bridgehead atoms. The molecule has 1 saturated heterocycles. The van der Waals surface area contributed by atoms with Crippen LogP contribution in [0.1, 0.15) is 36.8 Å². The van der Waals surface area contributed by atoms with Crippen LogP contribution in [0.15, 0.2) is 18.2 Å². The highest BCUT2D eigenvalue weighted by molar-refractivity contribution is 5.80. The number of hydrogen-bond donors (Lipinski definition) is 1. The Balaban J connectivity index is 1.83. The third-order valence-corrected chi connectivity index (χ3v) is 3.98. The fraction of sp³-hybridized carbons (Fsp3) is 0.529. The molecular weight excluding hydrogens is 282 g/mol. The van der Waals surface area contributed by atoms with E-state index in [4.69, 9.17) is 9.84 Å². The predicted molar refractivity (Wildman–Crippen MR) is 83.0 cm³/mol. The minimum absolute atomic E-state index is 0.0763. The quantitative estimate of drug-likeness (QED) is 0.908. The van der Waals surface area contributed by atoms with E-state index in [1.54, 1.807) is 4.90 Å². The lowest BCUT2D eigenvalue weighted by molar-refractivity contribution is -0.141. The Morgan fingerprint density at radius 3 is 2.55 bits per heavy atom. The van der Waals surface area contributed by atoms with Gasteiger partial charge in [-0.05, 0) is 31.0 Å². The second-order valence-corrected chi connectivity index (χ2v) is 5.86. The summed E-state index contributed by atoms with van der Waals surface area (Å²) in [5.74, 6) is -0.0928. The topological polar surface area (TPSA) is 66.8 Å². The maximum absolute atomic E-state index is 11.9. The number of hydrogen-bond acceptors (Lipinski definition) is 3. The molecule has 1 N–H and O–H groups in total. The van der Waals surface area contributed by atoms with Gasteiger partial charge in [0.15, 0.2) is 0 Å². The molecule has 1 fully saturated rings. The van der Waals surface area contributed by atoms with Gasteiger partial charge in [0.2, 0.25) is 5.91 Å². The zero-order valence-corrected chi connectivity index (χ0v) is 13.2. The Morgan fingerprint density at radius 2 is 1.91 bits per heavy atom. The Kier molecular flexibility index (Phi) is 5.41. The molecule has 5 nitrogen and oxygen atoms in total. The van der Waals surface area contributed by atoms with Crippen LogP contribution in [0.5, 0.6) is 5.75 Å². The van der Waals surface area contributed by atoms with Gasteiger partial charge in [-0.2, -0.15) is 0 Å². The number of carbonyl (C=O) groups is 2. The molecule has 0 aromatic heterocycles. The van der Waals surface area contributed by atoms with Crippen LogP contribution in [-0.2, 0) is 9.59 Å². The number of aliphatic carboxylic acids is 1. The number of carbonyl (C=O) groups excluding carboxylic acids is 1. The van der Waals surface area contributed by atoms with Gasteiger partial charge in [-0.3, -0.25) is 9.59 Å². The van der Waals surface area contributed by atoms with Crippen molar-refractivity contribution < 1.29 is 19.4 Å². The van der Waals surface area contributed by atoms with Gasteiger partial charge in [0.25, 0.3) is 0 Å². The fourth-order valence-electron chi connectivity index (χ4n) is 2.61. The van der Waals surface area contributed by atoms with Crippen LogP contribution in [0.25, 0.3) is 0 Å². The summed E-state index contributed by atoms with van der Waals surface area (Å²) in [6.07, 6.45) is 1.66. The summed E-state index contributed by atoms with van der Waals surface area (Å²) in [5, 5.41) is 8.62. The number of carboxylic acid groups (broad SMARTS) is 1. The van der Waals surface area contributed by atoms with Gasteiger partial charge in [0.1, 0.15) is 11.9 Å². The number of rotatable bonds is 5. The van der Waals surface area contributed by atoms with E-state index in [2.05, 4.69) is 12.1 Å². The third-order valence-electron chi connectivity index (χ3n) is 3.98. The highest BCUT2D eigenvalue weighted by atomic mass is 16.5. The Hall–Kier alpha value is -2.04. The Morgan fingerprint density at radius 1 is 1.23 bits per heavy atom. The molecule has 120 valence electrons. The van der Waals surface area contributed by atoms with Crippen molar-refractivity contribution in [3.63, 3.8) is 0 Å². The highest BCUT2D eigenvalue weighted by Gasteiger charge is 2.24. The van der Waals surface area contributed by atoms with Crippen molar-refractivity contribution in [1.29, 1.82) is 0 Å². The van der Waals surface area contributed by atoms with Crippen LogP contribution in [0, 0.1) is 13.8 Å². The molecule has 1 aromatic carbocycles. The van der Waals surface area contributed by atoms with Crippen molar-refractivity contribution in [3.8, 4) is 5.75 Å². The molecule has 1 aromatic rings. The second kappa shape index (κ2) is 7.29. The van der Waals surface area contributed by atoms with Crippen LogP contribution in [-0.4, -0.2) is 41.1 Å². The Bertz CT molecular complexity index is 548. The summed E-state index contributed by atoms with van der Waals surface area (Å²) in [6, 6.07) is 6.15. The SMILES string of the molecule is Cc1ccc(C)c(OC2CCN(C(=O)CCC(=O)O)CC2)c1. The summed E-state index contributed by atoms with van der Waals surface area (Å²) >= 11 is 0. The van der Waals surface area contributed by atoms with Crippen molar-refractivity contribution in [2.24, 2.45) is 0 Å². The first kappa shape index (κ1) is 16.3. The lowest BCUT2D eigenvalue weighted by atomic mass is 10.1. The normalized spacial score (nSPS) is 15.6. The molecule has 1 heterocycles. The Labute approximate surface area is 130 Å². The summed E-state index contributed by atoms with van der Waals surface area (Å²) in [7, 11) is 0. The number of benzene rings is 1. The number of ether oxygens (including phenoxy) is 1. The number of amides is 1. The van der Waals surface area contributed by atoms with Gasteiger partial charge >= 0.3 is 5.97 Å². The monoisotopic (exact) mass is 305 g/mol. The van der Waals surface area contributed by atoms with E-state index < -0.39 is 5.97 Å². The van der Waals surface area contributed by atoms with Gasteiger partial charge in [0, 0.05) is 32.4 Å². The number of aryl methyl sites for hydroxylation is 2. The van der Waals surface area contributed by atoms with E-state index in [1.165, 1.54) is 5.56 Å². The largest absolute Gasteiger partial charge is 0.490 e. The maximum Gasteiger partial charge on any atom is 0.303 e. The summed E-state index contributed by atoms with van der Waals surface area (Å²) in [5.41, 5.74) is 2.28. The number of likely N-dealkylation sites (tertiary alicyclic amines) is 1. The first-order chi connectivity index (χ1) is 10.5. The molecule has 0 spiro atoms. The zero-order valence-electron chi connectivity index (χ0n) is 13.2. The van der Waals surface area contributed by atoms with E-state index in [0.29, 0.717) is 13.1 Å². The highest BCUT2D eigenvalue weighted by Crippen LogP contribution is 2.24. The molecule has 0 radical (unpaired) electrons. The van der Waals surface area contributed by atoms with Crippen molar-refractivity contribution in [2.45, 2.75) is 45.6 Å². The predicted octanol–water partition coefficient (Wildman–Crippen LogP) is 2.54. The van der Waals surface area contributed by atoms with E-state index in [0.717, 1.165) is 24.2 Å². The van der Waals surface area contributed by atoms with Gasteiger partial charge in [0.05, 0.1) is 6.42 Å². The van der Waals surface area contributed by atoms with Crippen molar-refractivity contribution in [3.05, 3.63) is 29.3 Å². The van der Waals surface area contributed by atoms with Crippen LogP contribution in [0.4, 0.5) is 0 Å². The fourth-order valence-corrected chi connectivity index (χ4v) is 2.61. The molecule has 2 rings (SSSR count). The summed E-state index contributed by atoms with van der Waals surface area (Å²) in [4.78, 5) is 24.1. The summed E-state index contributed by atoms with van der Waals surface area (Å²) < 4.78 is 6.06. The van der Waals surface area contributed by atoms with E-state index >= 15 is 0 Å². The molecule has 0 saturated carbocycles. The van der Waals surface area contributed by atoms with Crippen molar-refractivity contribution >= 4 is 11.9 Å². The summed E-state index contributed by atoms with van der Waals surface area (Å²) in [6.45, 7) is 5.33. The lowest BCUT2D eigenvalue weighted by Crippen LogP contribution is -2.41.